The van der Waals surface area contributed by atoms with Gasteiger partial charge in [0.05, 0.1) is 0 Å². The van der Waals surface area contributed by atoms with Crippen LogP contribution < -0.4 is 10.6 Å². The summed E-state index contributed by atoms with van der Waals surface area (Å²) in [7, 11) is 0. The minimum atomic E-state index is -0.393. The first-order chi connectivity index (χ1) is 11.1. The van der Waals surface area contributed by atoms with Crippen LogP contribution in [0.4, 0.5) is 5.69 Å². The number of hydrogen-bond donors (Lipinski definition) is 2. The van der Waals surface area contributed by atoms with E-state index in [2.05, 4.69) is 10.6 Å². The fraction of sp³-hybridized carbons (Fsp3) is 0.158. The van der Waals surface area contributed by atoms with Gasteiger partial charge in [-0.05, 0) is 30.5 Å². The highest BCUT2D eigenvalue weighted by molar-refractivity contribution is 5.97. The Morgan fingerprint density at radius 3 is 2.35 bits per heavy atom. The molecule has 1 amide bonds. The molecule has 0 unspecified atom stereocenters. The molecule has 0 aliphatic rings. The average molecular weight is 305 g/mol. The van der Waals surface area contributed by atoms with Crippen LogP contribution >= 0.6 is 0 Å². The smallest absolute Gasteiger partial charge is 0.263 e. The predicted octanol–water partition coefficient (Wildman–Crippen LogP) is 3.44. The Morgan fingerprint density at radius 1 is 1.09 bits per heavy atom. The zero-order valence-corrected chi connectivity index (χ0v) is 13.3. The Hall–Kier alpha value is -3.06. The standard InChI is InChI=1S/C19H19N3O/c1-14-7-6-8-15(2)18(14)21-13-17(11-20)19(23)22-12-16-9-4-3-5-10-16/h3-10,13,21H,12H2,1-2H3,(H,22,23)/b17-13-. The fourth-order valence-corrected chi connectivity index (χ4v) is 2.21. The third-order valence-corrected chi connectivity index (χ3v) is 3.50. The van der Waals surface area contributed by atoms with Crippen molar-refractivity contribution in [3.05, 3.63) is 77.0 Å². The van der Waals surface area contributed by atoms with Gasteiger partial charge >= 0.3 is 0 Å². The molecule has 0 aliphatic heterocycles. The van der Waals surface area contributed by atoms with Crippen molar-refractivity contribution in [2.75, 3.05) is 5.32 Å². The number of nitrogens with zero attached hydrogens (tertiary/aromatic N) is 1. The molecule has 23 heavy (non-hydrogen) atoms. The number of carbonyl (C=O) groups excluding carboxylic acids is 1. The quantitative estimate of drug-likeness (QED) is 0.657. The molecule has 2 aromatic carbocycles. The first-order valence-electron chi connectivity index (χ1n) is 7.37. The molecule has 116 valence electrons. The Morgan fingerprint density at radius 2 is 1.74 bits per heavy atom. The molecule has 2 N–H and O–H groups in total. The number of carbonyl (C=O) groups is 1. The summed E-state index contributed by atoms with van der Waals surface area (Å²) in [6.45, 7) is 4.34. The summed E-state index contributed by atoms with van der Waals surface area (Å²) < 4.78 is 0. The van der Waals surface area contributed by atoms with Gasteiger partial charge in [0.2, 0.25) is 0 Å². The van der Waals surface area contributed by atoms with Crippen molar-refractivity contribution in [2.45, 2.75) is 20.4 Å². The maximum Gasteiger partial charge on any atom is 0.263 e. The van der Waals surface area contributed by atoms with Crippen LogP contribution in [0, 0.1) is 25.2 Å². The van der Waals surface area contributed by atoms with Gasteiger partial charge in [-0.3, -0.25) is 4.79 Å². The van der Waals surface area contributed by atoms with E-state index in [9.17, 15) is 10.1 Å². The van der Waals surface area contributed by atoms with E-state index in [4.69, 9.17) is 0 Å². The zero-order valence-electron chi connectivity index (χ0n) is 13.3. The maximum absolute atomic E-state index is 12.1. The Labute approximate surface area is 136 Å². The van der Waals surface area contributed by atoms with Crippen molar-refractivity contribution in [2.24, 2.45) is 0 Å². The largest absolute Gasteiger partial charge is 0.360 e. The van der Waals surface area contributed by atoms with Crippen LogP contribution in [0.25, 0.3) is 0 Å². The van der Waals surface area contributed by atoms with E-state index in [1.54, 1.807) is 0 Å². The van der Waals surface area contributed by atoms with E-state index in [0.29, 0.717) is 6.54 Å². The first kappa shape index (κ1) is 16.3. The van der Waals surface area contributed by atoms with Gasteiger partial charge in [-0.15, -0.1) is 0 Å². The lowest BCUT2D eigenvalue weighted by Gasteiger charge is -2.10. The zero-order chi connectivity index (χ0) is 16.7. The number of rotatable bonds is 5. The molecule has 0 aromatic heterocycles. The van der Waals surface area contributed by atoms with Crippen LogP contribution in [0.2, 0.25) is 0 Å². The highest BCUT2D eigenvalue weighted by atomic mass is 16.1. The summed E-state index contributed by atoms with van der Waals surface area (Å²) >= 11 is 0. The highest BCUT2D eigenvalue weighted by Crippen LogP contribution is 2.19. The molecular weight excluding hydrogens is 286 g/mol. The molecule has 2 rings (SSSR count). The summed E-state index contributed by atoms with van der Waals surface area (Å²) in [5.41, 5.74) is 4.06. The van der Waals surface area contributed by atoms with Crippen LogP contribution in [0.15, 0.2) is 60.3 Å². The first-order valence-corrected chi connectivity index (χ1v) is 7.37. The minimum absolute atomic E-state index is 0.0450. The lowest BCUT2D eigenvalue weighted by molar-refractivity contribution is -0.117. The number of nitrogens with one attached hydrogen (secondary N) is 2. The number of para-hydroxylation sites is 1. The molecule has 0 heterocycles. The van der Waals surface area contributed by atoms with Gasteiger partial charge in [0, 0.05) is 18.4 Å². The second-order valence-electron chi connectivity index (χ2n) is 5.25. The number of aryl methyl sites for hydroxylation is 2. The van der Waals surface area contributed by atoms with E-state index >= 15 is 0 Å². The van der Waals surface area contributed by atoms with Gasteiger partial charge in [0.15, 0.2) is 0 Å². The van der Waals surface area contributed by atoms with Crippen molar-refractivity contribution in [3.63, 3.8) is 0 Å². The maximum atomic E-state index is 12.1. The van der Waals surface area contributed by atoms with E-state index < -0.39 is 5.91 Å². The molecule has 4 nitrogen and oxygen atoms in total. The molecule has 4 heteroatoms. The van der Waals surface area contributed by atoms with E-state index in [-0.39, 0.29) is 5.57 Å². The molecule has 2 aromatic rings. The van der Waals surface area contributed by atoms with Crippen molar-refractivity contribution in [1.82, 2.24) is 5.32 Å². The molecule has 0 saturated carbocycles. The van der Waals surface area contributed by atoms with E-state index in [1.165, 1.54) is 6.20 Å². The molecule has 0 fully saturated rings. The lowest BCUT2D eigenvalue weighted by atomic mass is 10.1. The average Bonchev–Trinajstić information content (AvgIpc) is 2.56. The second kappa shape index (κ2) is 7.81. The second-order valence-corrected chi connectivity index (χ2v) is 5.25. The predicted molar refractivity (Wildman–Crippen MR) is 91.5 cm³/mol. The molecule has 0 saturated heterocycles. The Kier molecular flexibility index (Phi) is 5.54. The summed E-state index contributed by atoms with van der Waals surface area (Å²) in [6.07, 6.45) is 1.45. The number of benzene rings is 2. The summed E-state index contributed by atoms with van der Waals surface area (Å²) in [5, 5.41) is 15.0. The highest BCUT2D eigenvalue weighted by Gasteiger charge is 2.09. The monoisotopic (exact) mass is 305 g/mol. The van der Waals surface area contributed by atoms with Crippen LogP contribution in [0.3, 0.4) is 0 Å². The van der Waals surface area contributed by atoms with Crippen LogP contribution in [-0.4, -0.2) is 5.91 Å². The molecule has 0 spiro atoms. The van der Waals surface area contributed by atoms with Crippen LogP contribution in [0.1, 0.15) is 16.7 Å². The minimum Gasteiger partial charge on any atom is -0.360 e. The Bertz CT molecular complexity index is 738. The molecule has 0 radical (unpaired) electrons. The third kappa shape index (κ3) is 4.45. The molecule has 0 aliphatic carbocycles. The van der Waals surface area contributed by atoms with E-state index in [1.807, 2.05) is 68.4 Å². The summed E-state index contributed by atoms with van der Waals surface area (Å²) in [6, 6.07) is 17.4. The van der Waals surface area contributed by atoms with Crippen molar-refractivity contribution >= 4 is 11.6 Å². The number of nitriles is 1. The number of hydrogen-bond acceptors (Lipinski definition) is 3. The number of anilines is 1. The normalized spacial score (nSPS) is 10.7. The molecule has 0 bridgehead atoms. The van der Waals surface area contributed by atoms with Crippen molar-refractivity contribution < 1.29 is 4.79 Å². The lowest BCUT2D eigenvalue weighted by Crippen LogP contribution is -2.24. The van der Waals surface area contributed by atoms with Crippen molar-refractivity contribution in [3.8, 4) is 6.07 Å². The SMILES string of the molecule is Cc1cccc(C)c1N/C=C(/C#N)C(=O)NCc1ccccc1. The van der Waals surface area contributed by atoms with Crippen LogP contribution in [-0.2, 0) is 11.3 Å². The Balaban J connectivity index is 2.04. The topological polar surface area (TPSA) is 64.9 Å². The molecule has 0 atom stereocenters. The van der Waals surface area contributed by atoms with Gasteiger partial charge in [-0.1, -0.05) is 48.5 Å². The van der Waals surface area contributed by atoms with Gasteiger partial charge in [-0.25, -0.2) is 0 Å². The fourth-order valence-electron chi connectivity index (χ4n) is 2.21. The summed E-state index contributed by atoms with van der Waals surface area (Å²) in [5.74, 6) is -0.393. The molecular formula is C19H19N3O. The number of amides is 1. The van der Waals surface area contributed by atoms with Gasteiger partial charge in [0.25, 0.3) is 5.91 Å². The van der Waals surface area contributed by atoms with E-state index in [0.717, 1.165) is 22.4 Å². The third-order valence-electron chi connectivity index (χ3n) is 3.50. The van der Waals surface area contributed by atoms with Gasteiger partial charge in [0.1, 0.15) is 11.6 Å². The van der Waals surface area contributed by atoms with Crippen molar-refractivity contribution in [1.29, 1.82) is 5.26 Å². The van der Waals surface area contributed by atoms with Crippen LogP contribution in [0.5, 0.6) is 0 Å². The van der Waals surface area contributed by atoms with Gasteiger partial charge < -0.3 is 10.6 Å². The summed E-state index contributed by atoms with van der Waals surface area (Å²) in [4.78, 5) is 12.1. The van der Waals surface area contributed by atoms with Gasteiger partial charge in [-0.2, -0.15) is 5.26 Å².